The molecule has 0 saturated carbocycles. The second-order valence-corrected chi connectivity index (χ2v) is 5.42. The normalized spacial score (nSPS) is 19.2. The minimum absolute atomic E-state index is 0.132. The van der Waals surface area contributed by atoms with Crippen molar-refractivity contribution in [2.75, 3.05) is 31.5 Å². The van der Waals surface area contributed by atoms with Crippen molar-refractivity contribution in [3.8, 4) is 0 Å². The van der Waals surface area contributed by atoms with Gasteiger partial charge in [-0.1, -0.05) is 13.8 Å². The van der Waals surface area contributed by atoms with Crippen molar-refractivity contribution < 1.29 is 4.79 Å². The number of anilines is 1. The summed E-state index contributed by atoms with van der Waals surface area (Å²) >= 11 is 0. The zero-order chi connectivity index (χ0) is 15.1. The zero-order valence-electron chi connectivity index (χ0n) is 12.9. The summed E-state index contributed by atoms with van der Waals surface area (Å²) in [5.74, 6) is 0.579. The van der Waals surface area contributed by atoms with E-state index in [9.17, 15) is 4.79 Å². The molecule has 1 fully saturated rings. The fourth-order valence-electron chi connectivity index (χ4n) is 2.51. The number of amides is 1. The lowest BCUT2D eigenvalue weighted by Crippen LogP contribution is -2.47. The monoisotopic (exact) mass is 291 g/mol. The second-order valence-electron chi connectivity index (χ2n) is 5.42. The Balaban J connectivity index is 1.87. The van der Waals surface area contributed by atoms with Gasteiger partial charge in [0.15, 0.2) is 0 Å². The maximum atomic E-state index is 12.2. The van der Waals surface area contributed by atoms with E-state index in [-0.39, 0.29) is 11.9 Å². The summed E-state index contributed by atoms with van der Waals surface area (Å²) in [6, 6.07) is 0.214. The first-order chi connectivity index (χ1) is 10.2. The van der Waals surface area contributed by atoms with Crippen molar-refractivity contribution in [3.63, 3.8) is 0 Å². The van der Waals surface area contributed by atoms with Gasteiger partial charge in [-0.05, 0) is 32.4 Å². The molecule has 2 heterocycles. The highest BCUT2D eigenvalue weighted by molar-refractivity contribution is 5.92. The molecule has 1 unspecified atom stereocenters. The predicted molar refractivity (Wildman–Crippen MR) is 83.4 cm³/mol. The number of carbonyl (C=O) groups excluding carboxylic acids is 1. The van der Waals surface area contributed by atoms with Crippen molar-refractivity contribution >= 4 is 11.7 Å². The zero-order valence-corrected chi connectivity index (χ0v) is 12.9. The van der Waals surface area contributed by atoms with E-state index >= 15 is 0 Å². The summed E-state index contributed by atoms with van der Waals surface area (Å²) < 4.78 is 0. The third-order valence-electron chi connectivity index (χ3n) is 3.73. The van der Waals surface area contributed by atoms with Gasteiger partial charge in [0.1, 0.15) is 11.5 Å². The minimum atomic E-state index is -0.132. The van der Waals surface area contributed by atoms with Crippen LogP contribution in [0.4, 0.5) is 5.82 Å². The number of aromatic nitrogens is 2. The molecule has 116 valence electrons. The van der Waals surface area contributed by atoms with Gasteiger partial charge in [0.25, 0.3) is 5.91 Å². The first-order valence-electron chi connectivity index (χ1n) is 7.82. The van der Waals surface area contributed by atoms with E-state index in [1.54, 1.807) is 6.20 Å². The third-order valence-corrected chi connectivity index (χ3v) is 3.73. The molecule has 0 spiro atoms. The Kier molecular flexibility index (Phi) is 5.92. The van der Waals surface area contributed by atoms with Crippen molar-refractivity contribution in [1.29, 1.82) is 0 Å². The van der Waals surface area contributed by atoms with Gasteiger partial charge >= 0.3 is 0 Å². The molecule has 0 aromatic carbocycles. The lowest BCUT2D eigenvalue weighted by molar-refractivity contribution is 0.0900. The van der Waals surface area contributed by atoms with Crippen molar-refractivity contribution in [1.82, 2.24) is 20.2 Å². The third kappa shape index (κ3) is 4.67. The molecule has 1 atom stereocenters. The van der Waals surface area contributed by atoms with Crippen molar-refractivity contribution in [2.45, 2.75) is 39.2 Å². The fourth-order valence-corrected chi connectivity index (χ4v) is 2.51. The molecule has 1 saturated heterocycles. The Labute approximate surface area is 126 Å². The highest BCUT2D eigenvalue weighted by Gasteiger charge is 2.21. The van der Waals surface area contributed by atoms with Crippen LogP contribution >= 0.6 is 0 Å². The van der Waals surface area contributed by atoms with E-state index in [0.29, 0.717) is 11.5 Å². The Morgan fingerprint density at radius 2 is 2.24 bits per heavy atom. The first-order valence-corrected chi connectivity index (χ1v) is 7.82. The van der Waals surface area contributed by atoms with Crippen LogP contribution in [0.25, 0.3) is 0 Å². The van der Waals surface area contributed by atoms with E-state index < -0.39 is 0 Å². The molecule has 1 aromatic rings. The van der Waals surface area contributed by atoms with Crippen LogP contribution in [0.15, 0.2) is 12.4 Å². The van der Waals surface area contributed by atoms with Gasteiger partial charge in [0, 0.05) is 19.1 Å². The number of nitrogens with zero attached hydrogens (tertiary/aromatic N) is 3. The van der Waals surface area contributed by atoms with Gasteiger partial charge in [0.05, 0.1) is 12.4 Å². The number of hydrogen-bond donors (Lipinski definition) is 2. The predicted octanol–water partition coefficient (Wildman–Crippen LogP) is 1.51. The highest BCUT2D eigenvalue weighted by atomic mass is 16.2. The SMILES string of the molecule is CCCNc1cnc(C(=O)NC2CCCN(CC)C2)cn1. The summed E-state index contributed by atoms with van der Waals surface area (Å²) in [7, 11) is 0. The maximum absolute atomic E-state index is 12.2. The quantitative estimate of drug-likeness (QED) is 0.831. The largest absolute Gasteiger partial charge is 0.369 e. The number of piperidine rings is 1. The molecule has 0 radical (unpaired) electrons. The number of nitrogens with one attached hydrogen (secondary N) is 2. The van der Waals surface area contributed by atoms with Crippen LogP contribution in [0.5, 0.6) is 0 Å². The van der Waals surface area contributed by atoms with Crippen LogP contribution in [0.1, 0.15) is 43.6 Å². The first kappa shape index (κ1) is 15.7. The van der Waals surface area contributed by atoms with E-state index in [2.05, 4.69) is 39.3 Å². The molecule has 1 aliphatic rings. The highest BCUT2D eigenvalue weighted by Crippen LogP contribution is 2.10. The summed E-state index contributed by atoms with van der Waals surface area (Å²) in [5.41, 5.74) is 0.380. The van der Waals surface area contributed by atoms with Crippen LogP contribution in [-0.4, -0.2) is 53.0 Å². The number of hydrogen-bond acceptors (Lipinski definition) is 5. The van der Waals surface area contributed by atoms with Gasteiger partial charge in [-0.2, -0.15) is 0 Å². The van der Waals surface area contributed by atoms with Crippen LogP contribution in [0, 0.1) is 0 Å². The van der Waals surface area contributed by atoms with E-state index in [1.807, 2.05) is 0 Å². The van der Waals surface area contributed by atoms with Gasteiger partial charge < -0.3 is 15.5 Å². The van der Waals surface area contributed by atoms with Gasteiger partial charge in [-0.3, -0.25) is 4.79 Å². The van der Waals surface area contributed by atoms with Crippen LogP contribution in [0.3, 0.4) is 0 Å². The molecular formula is C15H25N5O. The van der Waals surface area contributed by atoms with Gasteiger partial charge in [-0.25, -0.2) is 9.97 Å². The molecular weight excluding hydrogens is 266 g/mol. The number of carbonyl (C=O) groups is 1. The van der Waals surface area contributed by atoms with Crippen molar-refractivity contribution in [3.05, 3.63) is 18.1 Å². The number of likely N-dealkylation sites (tertiary alicyclic amines) is 1. The molecule has 6 nitrogen and oxygen atoms in total. The number of likely N-dealkylation sites (N-methyl/N-ethyl adjacent to an activating group) is 1. The Morgan fingerprint density at radius 3 is 2.90 bits per heavy atom. The number of rotatable bonds is 6. The molecule has 0 aliphatic carbocycles. The van der Waals surface area contributed by atoms with E-state index in [0.717, 1.165) is 45.4 Å². The Morgan fingerprint density at radius 1 is 1.38 bits per heavy atom. The average molecular weight is 291 g/mol. The van der Waals surface area contributed by atoms with Crippen LogP contribution in [-0.2, 0) is 0 Å². The van der Waals surface area contributed by atoms with Gasteiger partial charge in [0.2, 0.25) is 0 Å². The minimum Gasteiger partial charge on any atom is -0.369 e. The van der Waals surface area contributed by atoms with Crippen molar-refractivity contribution in [2.24, 2.45) is 0 Å². The molecule has 1 amide bonds. The van der Waals surface area contributed by atoms with E-state index in [4.69, 9.17) is 0 Å². The van der Waals surface area contributed by atoms with E-state index in [1.165, 1.54) is 6.20 Å². The molecule has 1 aliphatic heterocycles. The molecule has 0 bridgehead atoms. The second kappa shape index (κ2) is 7.93. The maximum Gasteiger partial charge on any atom is 0.271 e. The standard InChI is InChI=1S/C15H25N5O/c1-3-7-16-14-10-17-13(9-18-14)15(21)19-12-6-5-8-20(4-2)11-12/h9-10,12H,3-8,11H2,1-2H3,(H,16,18)(H,19,21). The molecule has 6 heteroatoms. The average Bonchev–Trinajstić information content (AvgIpc) is 2.53. The Bertz CT molecular complexity index is 448. The van der Waals surface area contributed by atoms with Gasteiger partial charge in [-0.15, -0.1) is 0 Å². The summed E-state index contributed by atoms with van der Waals surface area (Å²) in [6.45, 7) is 8.18. The Hall–Kier alpha value is -1.69. The summed E-state index contributed by atoms with van der Waals surface area (Å²) in [6.07, 6.45) is 6.34. The molecule has 2 N–H and O–H groups in total. The molecule has 2 rings (SSSR count). The topological polar surface area (TPSA) is 70.2 Å². The summed E-state index contributed by atoms with van der Waals surface area (Å²) in [5, 5.41) is 6.20. The summed E-state index contributed by atoms with van der Waals surface area (Å²) in [4.78, 5) is 22.9. The van der Waals surface area contributed by atoms with Crippen LogP contribution < -0.4 is 10.6 Å². The van der Waals surface area contributed by atoms with Crippen LogP contribution in [0.2, 0.25) is 0 Å². The fraction of sp³-hybridized carbons (Fsp3) is 0.667. The smallest absolute Gasteiger partial charge is 0.271 e. The molecule has 21 heavy (non-hydrogen) atoms. The molecule has 1 aromatic heterocycles. The lowest BCUT2D eigenvalue weighted by Gasteiger charge is -2.32. The lowest BCUT2D eigenvalue weighted by atomic mass is 10.1.